The molecule has 0 unspecified atom stereocenters. The van der Waals surface area contributed by atoms with Gasteiger partial charge in [-0.1, -0.05) is 0 Å². The van der Waals surface area contributed by atoms with Gasteiger partial charge in [0.25, 0.3) is 0 Å². The summed E-state index contributed by atoms with van der Waals surface area (Å²) < 4.78 is 5.13. The highest BCUT2D eigenvalue weighted by Gasteiger charge is 2.34. The number of hydrogen-bond donors (Lipinski definition) is 3. The van der Waals surface area contributed by atoms with E-state index in [0.717, 1.165) is 0 Å². The summed E-state index contributed by atoms with van der Waals surface area (Å²) >= 11 is 0. The van der Waals surface area contributed by atoms with E-state index in [0.29, 0.717) is 48.2 Å². The van der Waals surface area contributed by atoms with Crippen molar-refractivity contribution < 1.29 is 24.9 Å². The molecule has 2 aromatic heterocycles. The minimum absolute atomic E-state index is 0.139. The zero-order valence-electron chi connectivity index (χ0n) is 14.0. The van der Waals surface area contributed by atoms with Crippen molar-refractivity contribution in [2.75, 3.05) is 7.11 Å². The fourth-order valence-electron chi connectivity index (χ4n) is 3.53. The second kappa shape index (κ2) is 7.33. The first kappa shape index (κ1) is 17.6. The number of pyridine rings is 2. The monoisotopic (exact) mass is 346 g/mol. The highest BCUT2D eigenvalue weighted by molar-refractivity contribution is 5.78. The molecule has 1 saturated carbocycles. The Bertz CT molecular complexity index is 758. The highest BCUT2D eigenvalue weighted by atomic mass is 16.5. The van der Waals surface area contributed by atoms with Crippen molar-refractivity contribution in [1.29, 1.82) is 0 Å². The van der Waals surface area contributed by atoms with Gasteiger partial charge in [0.2, 0.25) is 5.88 Å². The molecule has 3 N–H and O–H groups in total. The van der Waals surface area contributed by atoms with E-state index >= 15 is 0 Å². The summed E-state index contributed by atoms with van der Waals surface area (Å²) in [6.45, 7) is 0. The fraction of sp³-hybridized carbons (Fsp3) is 0.500. The maximum Gasteiger partial charge on any atom is 0.306 e. The molecule has 1 fully saturated rings. The molecule has 0 radical (unpaired) electrons. The number of aliphatic hydroxyl groups excluding tert-OH is 2. The average molecular weight is 346 g/mol. The van der Waals surface area contributed by atoms with Gasteiger partial charge in [-0.15, -0.1) is 0 Å². The minimum Gasteiger partial charge on any atom is -0.481 e. The van der Waals surface area contributed by atoms with Crippen molar-refractivity contribution in [3.63, 3.8) is 0 Å². The first-order valence-electron chi connectivity index (χ1n) is 8.40. The van der Waals surface area contributed by atoms with E-state index in [4.69, 9.17) is 9.84 Å². The largest absolute Gasteiger partial charge is 0.481 e. The second-order valence-corrected chi connectivity index (χ2v) is 6.51. The number of carbonyl (C=O) groups is 1. The standard InChI is InChI=1S/C18H22N2O5/c1-25-14-7-6-13-15(20-14)12(8-9-19-13)17(22)16(21)10-2-4-11(5-3-10)18(23)24/h6-11,16-17,21-22H,2-5H2,1H3,(H,23,24)/t10?,11?,16-,17-/m1/s1. The van der Waals surface area contributed by atoms with Crippen molar-refractivity contribution >= 4 is 17.0 Å². The molecule has 0 amide bonds. The molecule has 0 aromatic carbocycles. The van der Waals surface area contributed by atoms with Crippen LogP contribution in [0, 0.1) is 11.8 Å². The third kappa shape index (κ3) is 3.57. The van der Waals surface area contributed by atoms with Gasteiger partial charge in [0, 0.05) is 17.8 Å². The van der Waals surface area contributed by atoms with Crippen molar-refractivity contribution in [3.8, 4) is 5.88 Å². The van der Waals surface area contributed by atoms with E-state index < -0.39 is 18.2 Å². The predicted molar refractivity (Wildman–Crippen MR) is 90.1 cm³/mol. The van der Waals surface area contributed by atoms with Gasteiger partial charge in [0.15, 0.2) is 0 Å². The lowest BCUT2D eigenvalue weighted by Crippen LogP contribution is -2.32. The fourth-order valence-corrected chi connectivity index (χ4v) is 3.53. The number of nitrogens with zero attached hydrogens (tertiary/aromatic N) is 2. The Morgan fingerprint density at radius 1 is 1.20 bits per heavy atom. The Labute approximate surface area is 145 Å². The van der Waals surface area contributed by atoms with Crippen LogP contribution in [0.25, 0.3) is 11.0 Å². The molecule has 3 rings (SSSR count). The van der Waals surface area contributed by atoms with Gasteiger partial charge in [0.05, 0.1) is 30.2 Å². The van der Waals surface area contributed by atoms with Gasteiger partial charge in [-0.25, -0.2) is 4.98 Å². The lowest BCUT2D eigenvalue weighted by atomic mass is 9.77. The molecule has 7 nitrogen and oxygen atoms in total. The van der Waals surface area contributed by atoms with E-state index in [1.54, 1.807) is 24.4 Å². The van der Waals surface area contributed by atoms with E-state index in [1.165, 1.54) is 7.11 Å². The Morgan fingerprint density at radius 2 is 1.92 bits per heavy atom. The van der Waals surface area contributed by atoms with Crippen LogP contribution in [0.3, 0.4) is 0 Å². The zero-order chi connectivity index (χ0) is 18.0. The van der Waals surface area contributed by atoms with Crippen LogP contribution in [-0.2, 0) is 4.79 Å². The molecule has 0 spiro atoms. The Hall–Kier alpha value is -2.25. The van der Waals surface area contributed by atoms with E-state index in [-0.39, 0.29) is 11.8 Å². The number of aliphatic hydroxyl groups is 2. The van der Waals surface area contributed by atoms with Crippen molar-refractivity contribution in [2.24, 2.45) is 11.8 Å². The number of methoxy groups -OCH3 is 1. The van der Waals surface area contributed by atoms with Crippen LogP contribution in [0.1, 0.15) is 37.4 Å². The van der Waals surface area contributed by atoms with Crippen molar-refractivity contribution in [3.05, 3.63) is 30.0 Å². The number of rotatable bonds is 5. The maximum absolute atomic E-state index is 11.1. The lowest BCUT2D eigenvalue weighted by molar-refractivity contribution is -0.143. The molecule has 1 aliphatic carbocycles. The molecule has 1 aliphatic rings. The van der Waals surface area contributed by atoms with Crippen LogP contribution in [0.4, 0.5) is 0 Å². The molecule has 134 valence electrons. The minimum atomic E-state index is -1.11. The normalized spacial score (nSPS) is 23.2. The molecule has 7 heteroatoms. The molecule has 0 saturated heterocycles. The van der Waals surface area contributed by atoms with Gasteiger partial charge in [0.1, 0.15) is 6.10 Å². The molecular weight excluding hydrogens is 324 g/mol. The molecular formula is C18H22N2O5. The topological polar surface area (TPSA) is 113 Å². The molecule has 2 aromatic rings. The third-order valence-corrected chi connectivity index (χ3v) is 5.04. The average Bonchev–Trinajstić information content (AvgIpc) is 2.66. The molecule has 25 heavy (non-hydrogen) atoms. The van der Waals surface area contributed by atoms with Crippen LogP contribution >= 0.6 is 0 Å². The van der Waals surface area contributed by atoms with Crippen LogP contribution in [0.15, 0.2) is 24.4 Å². The zero-order valence-corrected chi connectivity index (χ0v) is 14.0. The van der Waals surface area contributed by atoms with Crippen LogP contribution in [0.5, 0.6) is 5.88 Å². The Balaban J connectivity index is 1.82. The summed E-state index contributed by atoms with van der Waals surface area (Å²) in [7, 11) is 1.51. The molecule has 0 bridgehead atoms. The second-order valence-electron chi connectivity index (χ2n) is 6.51. The van der Waals surface area contributed by atoms with Gasteiger partial charge in [-0.3, -0.25) is 9.78 Å². The quantitative estimate of drug-likeness (QED) is 0.758. The highest BCUT2D eigenvalue weighted by Crippen LogP contribution is 2.36. The summed E-state index contributed by atoms with van der Waals surface area (Å²) in [5.41, 5.74) is 1.60. The molecule has 2 heterocycles. The summed E-state index contributed by atoms with van der Waals surface area (Å²) in [6.07, 6.45) is 1.68. The van der Waals surface area contributed by atoms with E-state index in [9.17, 15) is 15.0 Å². The van der Waals surface area contributed by atoms with Crippen LogP contribution in [0.2, 0.25) is 0 Å². The number of aromatic nitrogens is 2. The third-order valence-electron chi connectivity index (χ3n) is 5.04. The summed E-state index contributed by atoms with van der Waals surface area (Å²) in [5, 5.41) is 30.4. The van der Waals surface area contributed by atoms with E-state index in [1.807, 2.05) is 0 Å². The van der Waals surface area contributed by atoms with Gasteiger partial charge < -0.3 is 20.1 Å². The number of aliphatic carboxylic acids is 1. The van der Waals surface area contributed by atoms with Gasteiger partial charge >= 0.3 is 5.97 Å². The summed E-state index contributed by atoms with van der Waals surface area (Å²) in [5.74, 6) is -0.872. The number of carboxylic acid groups (broad SMARTS) is 1. The summed E-state index contributed by atoms with van der Waals surface area (Å²) in [6, 6.07) is 5.09. The smallest absolute Gasteiger partial charge is 0.306 e. The first-order chi connectivity index (χ1) is 12.0. The summed E-state index contributed by atoms with van der Waals surface area (Å²) in [4.78, 5) is 19.6. The number of fused-ring (bicyclic) bond motifs is 1. The molecule has 0 aliphatic heterocycles. The SMILES string of the molecule is COc1ccc2nccc([C@@H](O)[C@H](O)C3CCC(C(=O)O)CC3)c2n1. The Morgan fingerprint density at radius 3 is 2.56 bits per heavy atom. The predicted octanol–water partition coefficient (Wildman–Crippen LogP) is 1.92. The van der Waals surface area contributed by atoms with Crippen LogP contribution < -0.4 is 4.74 Å². The number of hydrogen-bond acceptors (Lipinski definition) is 6. The van der Waals surface area contributed by atoms with Gasteiger partial charge in [-0.05, 0) is 43.7 Å². The van der Waals surface area contributed by atoms with E-state index in [2.05, 4.69) is 9.97 Å². The Kier molecular flexibility index (Phi) is 5.15. The van der Waals surface area contributed by atoms with Crippen molar-refractivity contribution in [2.45, 2.75) is 37.9 Å². The number of carboxylic acids is 1. The number of ether oxygens (including phenoxy) is 1. The maximum atomic E-state index is 11.1. The molecule has 2 atom stereocenters. The lowest BCUT2D eigenvalue weighted by Gasteiger charge is -2.32. The van der Waals surface area contributed by atoms with Gasteiger partial charge in [-0.2, -0.15) is 0 Å². The first-order valence-corrected chi connectivity index (χ1v) is 8.40. The van der Waals surface area contributed by atoms with Crippen molar-refractivity contribution in [1.82, 2.24) is 9.97 Å². The van der Waals surface area contributed by atoms with Crippen LogP contribution in [-0.4, -0.2) is 44.5 Å².